The first kappa shape index (κ1) is 21.0. The van der Waals surface area contributed by atoms with Gasteiger partial charge in [-0.2, -0.15) is 0 Å². The number of amides is 2. The van der Waals surface area contributed by atoms with Crippen LogP contribution in [0.25, 0.3) is 0 Å². The van der Waals surface area contributed by atoms with Gasteiger partial charge in [0.1, 0.15) is 6.20 Å². The number of rotatable bonds is 8. The van der Waals surface area contributed by atoms with E-state index in [0.717, 1.165) is 25.7 Å². The van der Waals surface area contributed by atoms with E-state index in [1.165, 1.54) is 11.8 Å². The second-order valence-corrected chi connectivity index (χ2v) is 7.79. The molecule has 1 fully saturated rings. The van der Waals surface area contributed by atoms with Gasteiger partial charge >= 0.3 is 0 Å². The average Bonchev–Trinajstić information content (AvgIpc) is 3.25. The Bertz CT molecular complexity index is 771. The monoisotopic (exact) mass is 399 g/mol. The van der Waals surface area contributed by atoms with Crippen LogP contribution >= 0.6 is 0 Å². The summed E-state index contributed by atoms with van der Waals surface area (Å²) >= 11 is 0. The van der Waals surface area contributed by atoms with Crippen LogP contribution in [0.5, 0.6) is 0 Å². The molecule has 0 saturated heterocycles. The lowest BCUT2D eigenvalue weighted by Crippen LogP contribution is -2.41. The largest absolute Gasteiger partial charge is 0.353 e. The quantitative estimate of drug-likeness (QED) is 0.706. The van der Waals surface area contributed by atoms with E-state index >= 15 is 0 Å². The summed E-state index contributed by atoms with van der Waals surface area (Å²) in [4.78, 5) is 26.2. The molecule has 29 heavy (non-hydrogen) atoms. The molecule has 0 radical (unpaired) electrons. The first-order valence-electron chi connectivity index (χ1n) is 10.1. The SMILES string of the molecule is CN(C)C(c1ccccc1)C1CCC(NC(=O)CCNC(=O)c2cnno2)CC1. The van der Waals surface area contributed by atoms with Gasteiger partial charge in [0.25, 0.3) is 5.91 Å². The molecule has 1 heterocycles. The van der Waals surface area contributed by atoms with Crippen molar-refractivity contribution in [1.29, 1.82) is 0 Å². The second-order valence-electron chi connectivity index (χ2n) is 7.79. The highest BCUT2D eigenvalue weighted by atomic mass is 16.5. The molecule has 1 unspecified atom stereocenters. The maximum absolute atomic E-state index is 12.2. The van der Waals surface area contributed by atoms with E-state index in [9.17, 15) is 9.59 Å². The van der Waals surface area contributed by atoms with Crippen LogP contribution in [0.2, 0.25) is 0 Å². The molecule has 1 saturated carbocycles. The molecule has 156 valence electrons. The van der Waals surface area contributed by atoms with E-state index in [4.69, 9.17) is 0 Å². The van der Waals surface area contributed by atoms with E-state index in [0.29, 0.717) is 12.0 Å². The Hall–Kier alpha value is -2.74. The van der Waals surface area contributed by atoms with Gasteiger partial charge in [-0.3, -0.25) is 9.59 Å². The number of nitrogens with zero attached hydrogens (tertiary/aromatic N) is 3. The zero-order chi connectivity index (χ0) is 20.6. The molecule has 0 aliphatic heterocycles. The number of hydrogen-bond acceptors (Lipinski definition) is 6. The number of hydrogen-bond donors (Lipinski definition) is 2. The van der Waals surface area contributed by atoms with Crippen molar-refractivity contribution >= 4 is 11.8 Å². The maximum Gasteiger partial charge on any atom is 0.291 e. The van der Waals surface area contributed by atoms with E-state index in [2.05, 4.69) is 68.8 Å². The van der Waals surface area contributed by atoms with Crippen LogP contribution < -0.4 is 10.6 Å². The summed E-state index contributed by atoms with van der Waals surface area (Å²) in [5.41, 5.74) is 1.35. The van der Waals surface area contributed by atoms with Gasteiger partial charge in [-0.1, -0.05) is 30.3 Å². The Labute approximate surface area is 171 Å². The summed E-state index contributed by atoms with van der Waals surface area (Å²) in [5, 5.41) is 12.4. The van der Waals surface area contributed by atoms with Crippen molar-refractivity contribution in [2.45, 2.75) is 44.2 Å². The van der Waals surface area contributed by atoms with Crippen molar-refractivity contribution in [3.63, 3.8) is 0 Å². The maximum atomic E-state index is 12.2. The fourth-order valence-corrected chi connectivity index (χ4v) is 4.17. The lowest BCUT2D eigenvalue weighted by molar-refractivity contribution is -0.122. The number of benzene rings is 1. The third kappa shape index (κ3) is 5.87. The summed E-state index contributed by atoms with van der Waals surface area (Å²) in [6.45, 7) is 0.247. The number of carbonyl (C=O) groups excluding carboxylic acids is 2. The molecule has 0 bridgehead atoms. The Kier molecular flexibility index (Phi) is 7.35. The minimum absolute atomic E-state index is 0.0394. The molecule has 2 N–H and O–H groups in total. The summed E-state index contributed by atoms with van der Waals surface area (Å²) < 4.78 is 4.68. The third-order valence-corrected chi connectivity index (χ3v) is 5.50. The molecule has 8 heteroatoms. The Morgan fingerprint density at radius 3 is 2.52 bits per heavy atom. The van der Waals surface area contributed by atoms with E-state index in [1.54, 1.807) is 0 Å². The highest BCUT2D eigenvalue weighted by Crippen LogP contribution is 2.37. The molecule has 2 aromatic rings. The standard InChI is InChI=1S/C21H29N5O3/c1-26(2)20(15-6-4-3-5-7-15)16-8-10-17(11-9-16)24-19(27)12-13-22-21(28)18-14-23-25-29-18/h3-7,14,16-17,20H,8-13H2,1-2H3,(H,22,28)(H,24,27). The lowest BCUT2D eigenvalue weighted by atomic mass is 9.78. The van der Waals surface area contributed by atoms with Crippen molar-refractivity contribution < 1.29 is 14.1 Å². The second kappa shape index (κ2) is 10.2. The lowest BCUT2D eigenvalue weighted by Gasteiger charge is -2.37. The molecule has 0 spiro atoms. The first-order chi connectivity index (χ1) is 14.0. The molecule has 1 aromatic carbocycles. The van der Waals surface area contributed by atoms with Gasteiger partial charge in [0.15, 0.2) is 0 Å². The molecule has 8 nitrogen and oxygen atoms in total. The fraction of sp³-hybridized carbons (Fsp3) is 0.524. The van der Waals surface area contributed by atoms with Crippen LogP contribution in [0.15, 0.2) is 41.1 Å². The van der Waals surface area contributed by atoms with Gasteiger partial charge in [-0.05, 0) is 51.3 Å². The Morgan fingerprint density at radius 2 is 1.90 bits per heavy atom. The smallest absolute Gasteiger partial charge is 0.291 e. The summed E-state index contributed by atoms with van der Waals surface area (Å²) in [6.07, 6.45) is 5.59. The first-order valence-corrected chi connectivity index (χ1v) is 10.1. The normalized spacial score (nSPS) is 20.2. The molecule has 1 aromatic heterocycles. The minimum Gasteiger partial charge on any atom is -0.353 e. The summed E-state index contributed by atoms with van der Waals surface area (Å²) in [6, 6.07) is 11.2. The van der Waals surface area contributed by atoms with Gasteiger partial charge in [-0.15, -0.1) is 5.10 Å². The number of nitrogens with one attached hydrogen (secondary N) is 2. The molecule has 3 rings (SSSR count). The summed E-state index contributed by atoms with van der Waals surface area (Å²) in [7, 11) is 4.27. The van der Waals surface area contributed by atoms with Crippen molar-refractivity contribution in [3.05, 3.63) is 47.9 Å². The number of carbonyl (C=O) groups is 2. The van der Waals surface area contributed by atoms with Crippen LogP contribution in [0.4, 0.5) is 0 Å². The van der Waals surface area contributed by atoms with Crippen molar-refractivity contribution in [3.8, 4) is 0 Å². The minimum atomic E-state index is -0.418. The molecule has 2 amide bonds. The Morgan fingerprint density at radius 1 is 1.17 bits per heavy atom. The highest BCUT2D eigenvalue weighted by Gasteiger charge is 2.30. The van der Waals surface area contributed by atoms with Gasteiger partial charge in [-0.25, -0.2) is 0 Å². The zero-order valence-electron chi connectivity index (χ0n) is 17.0. The third-order valence-electron chi connectivity index (χ3n) is 5.50. The van der Waals surface area contributed by atoms with Crippen molar-refractivity contribution in [2.75, 3.05) is 20.6 Å². The van der Waals surface area contributed by atoms with Gasteiger partial charge in [0.2, 0.25) is 11.7 Å². The predicted molar refractivity (Wildman–Crippen MR) is 108 cm³/mol. The van der Waals surface area contributed by atoms with Gasteiger partial charge in [0, 0.05) is 30.3 Å². The highest BCUT2D eigenvalue weighted by molar-refractivity contribution is 5.91. The van der Waals surface area contributed by atoms with Crippen LogP contribution in [-0.2, 0) is 4.79 Å². The molecular weight excluding hydrogens is 370 g/mol. The summed E-state index contributed by atoms with van der Waals surface area (Å²) in [5.74, 6) is 0.156. The van der Waals surface area contributed by atoms with Crippen LogP contribution in [0, 0.1) is 5.92 Å². The zero-order valence-corrected chi connectivity index (χ0v) is 17.0. The molecule has 1 atom stereocenters. The van der Waals surface area contributed by atoms with Gasteiger partial charge < -0.3 is 20.1 Å². The topological polar surface area (TPSA) is 100 Å². The molecule has 1 aliphatic carbocycles. The van der Waals surface area contributed by atoms with Crippen molar-refractivity contribution in [2.24, 2.45) is 5.92 Å². The average molecular weight is 399 g/mol. The number of aromatic nitrogens is 2. The van der Waals surface area contributed by atoms with E-state index in [-0.39, 0.29) is 30.7 Å². The van der Waals surface area contributed by atoms with Crippen LogP contribution in [0.3, 0.4) is 0 Å². The van der Waals surface area contributed by atoms with Crippen LogP contribution in [-0.4, -0.2) is 53.8 Å². The van der Waals surface area contributed by atoms with E-state index in [1.807, 2.05) is 6.07 Å². The molecule has 1 aliphatic rings. The van der Waals surface area contributed by atoms with Crippen molar-refractivity contribution in [1.82, 2.24) is 25.9 Å². The Balaban J connectivity index is 1.41. The molecular formula is C21H29N5O3. The predicted octanol–water partition coefficient (Wildman–Crippen LogP) is 2.17. The van der Waals surface area contributed by atoms with E-state index < -0.39 is 5.91 Å². The van der Waals surface area contributed by atoms with Gasteiger partial charge in [0.05, 0.1) is 0 Å². The fourth-order valence-electron chi connectivity index (χ4n) is 4.17. The van der Waals surface area contributed by atoms with Crippen LogP contribution in [0.1, 0.15) is 54.3 Å².